The molecular weight excluding hydrogens is 184 g/mol. The first kappa shape index (κ1) is 12.5. The number of rotatable bonds is 5. The van der Waals surface area contributed by atoms with Crippen LogP contribution in [0.5, 0.6) is 0 Å². The number of carbonyl (C=O) groups excluding carboxylic acids is 1. The predicted octanol–water partition coefficient (Wildman–Crippen LogP) is 4.13. The summed E-state index contributed by atoms with van der Waals surface area (Å²) >= 11 is 0. The Bertz CT molecular complexity index is 238. The fourth-order valence-electron chi connectivity index (χ4n) is 2.69. The summed E-state index contributed by atoms with van der Waals surface area (Å²) in [7, 11) is 0. The van der Waals surface area contributed by atoms with Crippen molar-refractivity contribution in [3.05, 3.63) is 11.6 Å². The SMILES string of the molecule is CC1CC(C)(C)C/C1=C/CCCCC=O. The monoisotopic (exact) mass is 208 g/mol. The van der Waals surface area contributed by atoms with Crippen LogP contribution in [0.3, 0.4) is 0 Å². The molecule has 1 rings (SSSR count). The first-order valence-corrected chi connectivity index (χ1v) is 6.18. The van der Waals surface area contributed by atoms with Crippen molar-refractivity contribution < 1.29 is 4.79 Å². The van der Waals surface area contributed by atoms with E-state index in [1.165, 1.54) is 12.8 Å². The Balaban J connectivity index is 2.30. The minimum atomic E-state index is 0.508. The minimum absolute atomic E-state index is 0.508. The van der Waals surface area contributed by atoms with Crippen molar-refractivity contribution >= 4 is 6.29 Å². The lowest BCUT2D eigenvalue weighted by molar-refractivity contribution is -0.107. The van der Waals surface area contributed by atoms with E-state index in [2.05, 4.69) is 26.8 Å². The van der Waals surface area contributed by atoms with E-state index in [0.717, 1.165) is 37.9 Å². The summed E-state index contributed by atoms with van der Waals surface area (Å²) in [6.07, 6.45) is 10.1. The van der Waals surface area contributed by atoms with Crippen molar-refractivity contribution in [2.75, 3.05) is 0 Å². The van der Waals surface area contributed by atoms with Crippen LogP contribution in [-0.4, -0.2) is 6.29 Å². The zero-order valence-electron chi connectivity index (χ0n) is 10.4. The Morgan fingerprint density at radius 2 is 2.00 bits per heavy atom. The molecule has 1 heteroatoms. The summed E-state index contributed by atoms with van der Waals surface area (Å²) < 4.78 is 0. The van der Waals surface area contributed by atoms with Crippen molar-refractivity contribution in [2.24, 2.45) is 11.3 Å². The second-order valence-corrected chi connectivity index (χ2v) is 5.68. The molecule has 1 atom stereocenters. The van der Waals surface area contributed by atoms with Crippen LogP contribution in [-0.2, 0) is 4.79 Å². The Kier molecular flexibility index (Phi) is 4.56. The lowest BCUT2D eigenvalue weighted by atomic mass is 9.91. The highest BCUT2D eigenvalue weighted by molar-refractivity contribution is 5.48. The molecule has 0 aromatic heterocycles. The van der Waals surface area contributed by atoms with Gasteiger partial charge in [-0.15, -0.1) is 0 Å². The standard InChI is InChI=1S/C14H24O/c1-12-10-14(2,3)11-13(12)8-6-4-5-7-9-15/h8-9,12H,4-7,10-11H2,1-3H3/b13-8-. The highest BCUT2D eigenvalue weighted by atomic mass is 16.1. The molecule has 0 bridgehead atoms. The van der Waals surface area contributed by atoms with Gasteiger partial charge in [-0.3, -0.25) is 0 Å². The van der Waals surface area contributed by atoms with Crippen LogP contribution in [0.25, 0.3) is 0 Å². The molecule has 0 spiro atoms. The van der Waals surface area contributed by atoms with Crippen LogP contribution < -0.4 is 0 Å². The molecule has 1 unspecified atom stereocenters. The maximum Gasteiger partial charge on any atom is 0.119 e. The van der Waals surface area contributed by atoms with Crippen LogP contribution in [0.4, 0.5) is 0 Å². The van der Waals surface area contributed by atoms with E-state index in [0.29, 0.717) is 5.41 Å². The molecule has 0 N–H and O–H groups in total. The van der Waals surface area contributed by atoms with Gasteiger partial charge >= 0.3 is 0 Å². The Hall–Kier alpha value is -0.590. The van der Waals surface area contributed by atoms with Crippen LogP contribution in [0.1, 0.15) is 59.3 Å². The molecule has 86 valence electrons. The highest BCUT2D eigenvalue weighted by Gasteiger charge is 2.31. The van der Waals surface area contributed by atoms with Gasteiger partial charge in [0.25, 0.3) is 0 Å². The molecule has 1 saturated carbocycles. The van der Waals surface area contributed by atoms with Gasteiger partial charge in [-0.05, 0) is 43.4 Å². The minimum Gasteiger partial charge on any atom is -0.303 e. The number of allylic oxidation sites excluding steroid dienone is 2. The Morgan fingerprint density at radius 1 is 1.33 bits per heavy atom. The third kappa shape index (κ3) is 4.19. The largest absolute Gasteiger partial charge is 0.303 e. The Morgan fingerprint density at radius 3 is 2.53 bits per heavy atom. The molecule has 0 aliphatic heterocycles. The number of aldehydes is 1. The number of carbonyl (C=O) groups is 1. The van der Waals surface area contributed by atoms with E-state index < -0.39 is 0 Å². The van der Waals surface area contributed by atoms with Gasteiger partial charge in [0.15, 0.2) is 0 Å². The summed E-state index contributed by atoms with van der Waals surface area (Å²) in [6.45, 7) is 7.06. The van der Waals surface area contributed by atoms with Crippen molar-refractivity contribution in [3.63, 3.8) is 0 Å². The quantitative estimate of drug-likeness (QED) is 0.377. The highest BCUT2D eigenvalue weighted by Crippen LogP contribution is 2.44. The smallest absolute Gasteiger partial charge is 0.119 e. The molecule has 0 amide bonds. The molecule has 0 aromatic carbocycles. The van der Waals surface area contributed by atoms with Crippen molar-refractivity contribution in [2.45, 2.75) is 59.3 Å². The van der Waals surface area contributed by atoms with Gasteiger partial charge in [-0.1, -0.05) is 32.4 Å². The first-order valence-electron chi connectivity index (χ1n) is 6.18. The lowest BCUT2D eigenvalue weighted by Crippen LogP contribution is -2.03. The topological polar surface area (TPSA) is 17.1 Å². The van der Waals surface area contributed by atoms with Gasteiger partial charge in [-0.25, -0.2) is 0 Å². The van der Waals surface area contributed by atoms with E-state index in [4.69, 9.17) is 0 Å². The maximum atomic E-state index is 10.1. The fourth-order valence-corrected chi connectivity index (χ4v) is 2.69. The molecule has 1 nitrogen and oxygen atoms in total. The van der Waals surface area contributed by atoms with Gasteiger partial charge in [0.1, 0.15) is 6.29 Å². The normalized spacial score (nSPS) is 27.1. The van der Waals surface area contributed by atoms with Crippen molar-refractivity contribution in [1.82, 2.24) is 0 Å². The van der Waals surface area contributed by atoms with E-state index in [-0.39, 0.29) is 0 Å². The average molecular weight is 208 g/mol. The number of hydrogen-bond donors (Lipinski definition) is 0. The molecule has 1 fully saturated rings. The molecule has 0 aromatic rings. The molecule has 1 aliphatic carbocycles. The number of unbranched alkanes of at least 4 members (excludes halogenated alkanes) is 3. The lowest BCUT2D eigenvalue weighted by Gasteiger charge is -2.14. The van der Waals surface area contributed by atoms with E-state index in [1.807, 2.05) is 0 Å². The second kappa shape index (κ2) is 5.48. The summed E-state index contributed by atoms with van der Waals surface area (Å²) in [5.41, 5.74) is 2.15. The fraction of sp³-hybridized carbons (Fsp3) is 0.786. The molecule has 1 aliphatic rings. The van der Waals surface area contributed by atoms with Gasteiger partial charge in [0.05, 0.1) is 0 Å². The zero-order chi connectivity index (χ0) is 11.3. The van der Waals surface area contributed by atoms with Gasteiger partial charge < -0.3 is 4.79 Å². The molecule has 0 heterocycles. The van der Waals surface area contributed by atoms with Crippen LogP contribution in [0, 0.1) is 11.3 Å². The predicted molar refractivity (Wildman–Crippen MR) is 64.8 cm³/mol. The van der Waals surface area contributed by atoms with Crippen LogP contribution >= 0.6 is 0 Å². The van der Waals surface area contributed by atoms with E-state index in [9.17, 15) is 4.79 Å². The summed E-state index contributed by atoms with van der Waals surface area (Å²) in [6, 6.07) is 0. The van der Waals surface area contributed by atoms with Crippen LogP contribution in [0.2, 0.25) is 0 Å². The zero-order valence-corrected chi connectivity index (χ0v) is 10.4. The van der Waals surface area contributed by atoms with Gasteiger partial charge in [0, 0.05) is 6.42 Å². The molecule has 15 heavy (non-hydrogen) atoms. The third-order valence-corrected chi connectivity index (χ3v) is 3.36. The van der Waals surface area contributed by atoms with E-state index >= 15 is 0 Å². The molecule has 0 radical (unpaired) electrons. The molecule has 0 saturated heterocycles. The summed E-state index contributed by atoms with van der Waals surface area (Å²) in [4.78, 5) is 10.1. The average Bonchev–Trinajstić information content (AvgIpc) is 2.39. The van der Waals surface area contributed by atoms with Gasteiger partial charge in [-0.2, -0.15) is 0 Å². The van der Waals surface area contributed by atoms with E-state index in [1.54, 1.807) is 5.57 Å². The van der Waals surface area contributed by atoms with Crippen molar-refractivity contribution in [3.8, 4) is 0 Å². The van der Waals surface area contributed by atoms with Crippen molar-refractivity contribution in [1.29, 1.82) is 0 Å². The number of hydrogen-bond acceptors (Lipinski definition) is 1. The Labute approximate surface area is 93.9 Å². The second-order valence-electron chi connectivity index (χ2n) is 5.68. The summed E-state index contributed by atoms with van der Waals surface area (Å²) in [5, 5.41) is 0. The summed E-state index contributed by atoms with van der Waals surface area (Å²) in [5.74, 6) is 0.770. The first-order chi connectivity index (χ1) is 7.05. The third-order valence-electron chi connectivity index (χ3n) is 3.36. The molecular formula is C14H24O. The van der Waals surface area contributed by atoms with Gasteiger partial charge in [0.2, 0.25) is 0 Å². The maximum absolute atomic E-state index is 10.1. The van der Waals surface area contributed by atoms with Crippen LogP contribution in [0.15, 0.2) is 11.6 Å².